The summed E-state index contributed by atoms with van der Waals surface area (Å²) in [5, 5.41) is 1.16. The monoisotopic (exact) mass is 646 g/mol. The van der Waals surface area contributed by atoms with Gasteiger partial charge in [0.25, 0.3) is 0 Å². The first-order valence-corrected chi connectivity index (χ1v) is 20.1. The number of fused-ring (bicyclic) bond motifs is 2. The van der Waals surface area contributed by atoms with Crippen molar-refractivity contribution in [1.29, 1.82) is 0 Å². The third-order valence-corrected chi connectivity index (χ3v) is 15.6. The van der Waals surface area contributed by atoms with Crippen LogP contribution in [0, 0.1) is 6.92 Å². The van der Waals surface area contributed by atoms with Crippen LogP contribution >= 0.6 is 0 Å². The van der Waals surface area contributed by atoms with E-state index in [1.165, 1.54) is 18.4 Å². The van der Waals surface area contributed by atoms with Crippen LogP contribution in [0.15, 0.2) is 61.1 Å². The molecule has 244 valence electrons. The Bertz CT molecular complexity index is 1980. The highest BCUT2D eigenvalue weighted by Crippen LogP contribution is 2.54. The molecule has 4 atom stereocenters. The number of hydrogen-bond donors (Lipinski definition) is 0. The van der Waals surface area contributed by atoms with Crippen molar-refractivity contribution in [3.05, 3.63) is 89.5 Å². The third kappa shape index (κ3) is 5.71. The molecule has 2 aliphatic carbocycles. The Balaban J connectivity index is 1.15. The van der Waals surface area contributed by atoms with Gasteiger partial charge < -0.3 is 18.5 Å². The van der Waals surface area contributed by atoms with Crippen LogP contribution in [0.4, 0.5) is 5.69 Å². The van der Waals surface area contributed by atoms with Crippen molar-refractivity contribution in [3.8, 4) is 5.75 Å². The van der Waals surface area contributed by atoms with E-state index in [1.54, 1.807) is 7.11 Å². The van der Waals surface area contributed by atoms with Crippen molar-refractivity contribution in [2.24, 2.45) is 0 Å². The number of hydrogen-bond acceptors (Lipinski definition) is 7. The largest absolute Gasteiger partial charge is 0.496 e. The Morgan fingerprint density at radius 2 is 1.72 bits per heavy atom. The molecule has 9 heteroatoms. The van der Waals surface area contributed by atoms with Gasteiger partial charge in [-0.3, -0.25) is 4.98 Å². The molecule has 5 aromatic rings. The molecule has 3 fully saturated rings. The average Bonchev–Trinajstić information content (AvgIpc) is 3.96. The molecule has 0 unspecified atom stereocenters. The second-order valence-corrected chi connectivity index (χ2v) is 20.3. The topological polar surface area (TPSA) is 77.7 Å². The number of methoxy groups -OCH3 is 1. The Hall–Kier alpha value is -3.82. The van der Waals surface area contributed by atoms with E-state index in [0.717, 1.165) is 70.3 Å². The smallest absolute Gasteiger partial charge is 0.192 e. The summed E-state index contributed by atoms with van der Waals surface area (Å²) >= 11 is 0. The van der Waals surface area contributed by atoms with Gasteiger partial charge in [-0.1, -0.05) is 26.8 Å². The SMILES string of the molecule is COc1cc([C@H]2C[C@@H]2c2nccc(C)n2)nc2cc(N3C[C@@H](O[Si](C)(C)C(C)(C)C)C[C@@H]3c3cn4cc(C5CC5)ccc4n3)ccc12. The van der Waals surface area contributed by atoms with Crippen LogP contribution in [-0.2, 0) is 4.43 Å². The number of imidazole rings is 1. The van der Waals surface area contributed by atoms with Gasteiger partial charge in [-0.25, -0.2) is 15.0 Å². The van der Waals surface area contributed by atoms with Gasteiger partial charge >= 0.3 is 0 Å². The third-order valence-electron chi connectivity index (χ3n) is 11.1. The van der Waals surface area contributed by atoms with Crippen molar-refractivity contribution in [1.82, 2.24) is 24.3 Å². The summed E-state index contributed by atoms with van der Waals surface area (Å²) in [5.74, 6) is 3.06. The zero-order valence-electron chi connectivity index (χ0n) is 28.7. The van der Waals surface area contributed by atoms with Gasteiger partial charge in [0.1, 0.15) is 17.2 Å². The van der Waals surface area contributed by atoms with Gasteiger partial charge in [0.2, 0.25) is 0 Å². The minimum absolute atomic E-state index is 0.0999. The van der Waals surface area contributed by atoms with E-state index in [-0.39, 0.29) is 17.2 Å². The average molecular weight is 647 g/mol. The van der Waals surface area contributed by atoms with Gasteiger partial charge in [-0.2, -0.15) is 0 Å². The molecule has 0 N–H and O–H groups in total. The number of benzene rings is 1. The number of pyridine rings is 2. The van der Waals surface area contributed by atoms with Crippen LogP contribution in [0.2, 0.25) is 18.1 Å². The molecule has 5 heterocycles. The van der Waals surface area contributed by atoms with E-state index in [1.807, 2.05) is 19.2 Å². The Labute approximate surface area is 278 Å². The normalized spacial score (nSPS) is 23.2. The molecule has 2 saturated carbocycles. The number of rotatable bonds is 8. The fourth-order valence-corrected chi connectivity index (χ4v) is 8.44. The van der Waals surface area contributed by atoms with Crippen molar-refractivity contribution >= 4 is 30.6 Å². The van der Waals surface area contributed by atoms with Gasteiger partial charge in [-0.05, 0) is 86.1 Å². The molecule has 47 heavy (non-hydrogen) atoms. The number of nitrogens with zero attached hydrogens (tertiary/aromatic N) is 6. The fraction of sp³-hybridized carbons (Fsp3) is 0.474. The van der Waals surface area contributed by atoms with Crippen LogP contribution < -0.4 is 9.64 Å². The van der Waals surface area contributed by atoms with Crippen molar-refractivity contribution in [2.45, 2.75) is 101 Å². The molecule has 3 aliphatic rings. The summed E-state index contributed by atoms with van der Waals surface area (Å²) in [6, 6.07) is 15.2. The maximum atomic E-state index is 7.06. The molecule has 1 aliphatic heterocycles. The minimum Gasteiger partial charge on any atom is -0.496 e. The van der Waals surface area contributed by atoms with Crippen LogP contribution in [0.1, 0.15) is 98.7 Å². The quantitative estimate of drug-likeness (QED) is 0.157. The lowest BCUT2D eigenvalue weighted by Crippen LogP contribution is -2.44. The summed E-state index contributed by atoms with van der Waals surface area (Å²) in [6.07, 6.45) is 11.0. The Morgan fingerprint density at radius 1 is 0.894 bits per heavy atom. The van der Waals surface area contributed by atoms with Crippen LogP contribution in [0.5, 0.6) is 5.75 Å². The van der Waals surface area contributed by atoms with E-state index in [9.17, 15) is 0 Å². The van der Waals surface area contributed by atoms with Gasteiger partial charge in [0, 0.05) is 71.9 Å². The molecule has 0 amide bonds. The highest BCUT2D eigenvalue weighted by Gasteiger charge is 2.45. The van der Waals surface area contributed by atoms with E-state index in [0.29, 0.717) is 17.8 Å². The van der Waals surface area contributed by atoms with Crippen LogP contribution in [0.25, 0.3) is 16.6 Å². The summed E-state index contributed by atoms with van der Waals surface area (Å²) in [4.78, 5) is 22.2. The summed E-state index contributed by atoms with van der Waals surface area (Å²) in [7, 11) is -0.227. The predicted molar refractivity (Wildman–Crippen MR) is 189 cm³/mol. The fourth-order valence-electron chi connectivity index (χ4n) is 7.09. The first-order chi connectivity index (χ1) is 22.5. The maximum absolute atomic E-state index is 7.06. The lowest BCUT2D eigenvalue weighted by Gasteiger charge is -2.38. The molecular formula is C38H46N6O2Si. The van der Waals surface area contributed by atoms with E-state index >= 15 is 0 Å². The molecule has 0 bridgehead atoms. The lowest BCUT2D eigenvalue weighted by molar-refractivity contribution is 0.198. The summed E-state index contributed by atoms with van der Waals surface area (Å²) in [6.45, 7) is 14.5. The molecule has 1 saturated heterocycles. The molecule has 1 aromatic carbocycles. The van der Waals surface area contributed by atoms with Crippen molar-refractivity contribution in [3.63, 3.8) is 0 Å². The van der Waals surface area contributed by atoms with Crippen molar-refractivity contribution < 1.29 is 9.16 Å². The standard InChI is InChI=1S/C38H46N6O2Si/c1-23-14-15-39-37(40-23)30-18-29(30)32-19-35(45-5)28-12-11-26(16-31(28)41-32)44-21-27(46-47(6,7)38(2,3)4)17-34(44)33-22-43-20-25(24-8-9-24)10-13-36(43)42-33/h10-16,19-20,22,24,27,29-30,34H,8-9,17-18,21H2,1-7H3/t27-,29-,30-,34+/m0/s1. The Morgan fingerprint density at radius 3 is 2.47 bits per heavy atom. The molecule has 0 spiro atoms. The minimum atomic E-state index is -1.97. The van der Waals surface area contributed by atoms with Crippen LogP contribution in [-0.4, -0.2) is 52.4 Å². The molecular weight excluding hydrogens is 601 g/mol. The van der Waals surface area contributed by atoms with E-state index < -0.39 is 8.32 Å². The van der Waals surface area contributed by atoms with Crippen molar-refractivity contribution in [2.75, 3.05) is 18.6 Å². The highest BCUT2D eigenvalue weighted by atomic mass is 28.4. The summed E-state index contributed by atoms with van der Waals surface area (Å²) < 4.78 is 15.2. The zero-order valence-corrected chi connectivity index (χ0v) is 29.7. The summed E-state index contributed by atoms with van der Waals surface area (Å²) in [5.41, 5.74) is 7.65. The molecule has 8 nitrogen and oxygen atoms in total. The number of ether oxygens (including phenoxy) is 1. The first kappa shape index (κ1) is 30.5. The Kier molecular flexibility index (Phi) is 7.22. The number of aryl methyl sites for hydroxylation is 1. The maximum Gasteiger partial charge on any atom is 0.192 e. The first-order valence-electron chi connectivity index (χ1n) is 17.2. The number of anilines is 1. The van der Waals surface area contributed by atoms with Gasteiger partial charge in [0.05, 0.1) is 30.5 Å². The van der Waals surface area contributed by atoms with Gasteiger partial charge in [-0.15, -0.1) is 0 Å². The molecule has 0 radical (unpaired) electrons. The molecule has 8 rings (SSSR count). The van der Waals surface area contributed by atoms with E-state index in [4.69, 9.17) is 24.1 Å². The molecule has 4 aromatic heterocycles. The lowest BCUT2D eigenvalue weighted by atomic mass is 10.1. The van der Waals surface area contributed by atoms with Crippen LogP contribution in [0.3, 0.4) is 0 Å². The highest BCUT2D eigenvalue weighted by molar-refractivity contribution is 6.74. The number of aromatic nitrogens is 5. The van der Waals surface area contributed by atoms with E-state index in [2.05, 4.69) is 96.9 Å². The second-order valence-electron chi connectivity index (χ2n) is 15.5. The van der Waals surface area contributed by atoms with Gasteiger partial charge in [0.15, 0.2) is 8.32 Å². The zero-order chi connectivity index (χ0) is 32.7. The second kappa shape index (κ2) is 11.1. The predicted octanol–water partition coefficient (Wildman–Crippen LogP) is 8.48.